The van der Waals surface area contributed by atoms with E-state index in [0.717, 1.165) is 25.7 Å². The summed E-state index contributed by atoms with van der Waals surface area (Å²) in [7, 11) is 0. The van der Waals surface area contributed by atoms with Gasteiger partial charge in [0.25, 0.3) is 0 Å². The van der Waals surface area contributed by atoms with Crippen molar-refractivity contribution in [2.75, 3.05) is 0 Å². The van der Waals surface area contributed by atoms with Crippen molar-refractivity contribution in [1.82, 2.24) is 0 Å². The van der Waals surface area contributed by atoms with E-state index in [1.165, 1.54) is 48.5 Å². The van der Waals surface area contributed by atoms with Gasteiger partial charge in [-0.1, -0.05) is 64.1 Å². The molecule has 0 aliphatic heterocycles. The highest BCUT2D eigenvalue weighted by Gasteiger charge is 2.32. The zero-order chi connectivity index (χ0) is 41.9. The molecule has 0 bridgehead atoms. The van der Waals surface area contributed by atoms with Crippen LogP contribution in [0.4, 0.5) is 0 Å². The van der Waals surface area contributed by atoms with Crippen LogP contribution in [0.25, 0.3) is 0 Å². The van der Waals surface area contributed by atoms with Crippen LogP contribution in [0.2, 0.25) is 0 Å². The van der Waals surface area contributed by atoms with Gasteiger partial charge in [-0.25, -0.2) is 9.59 Å². The molecular formula is C38H56N8O8+2. The average Bonchev–Trinajstić information content (AvgIpc) is 3.17. The number of carboxylic acid groups (broad SMARTS) is 2. The van der Waals surface area contributed by atoms with E-state index < -0.39 is 36.1 Å². The van der Waals surface area contributed by atoms with Crippen LogP contribution in [0.3, 0.4) is 0 Å². The first-order valence-electron chi connectivity index (χ1n) is 17.4. The largest absolute Gasteiger partial charge is 0.546 e. The van der Waals surface area contributed by atoms with Gasteiger partial charge in [0.15, 0.2) is 12.2 Å². The van der Waals surface area contributed by atoms with Gasteiger partial charge in [0.2, 0.25) is 0 Å². The lowest BCUT2D eigenvalue weighted by molar-refractivity contribution is -0.419. The Morgan fingerprint density at radius 2 is 0.741 bits per heavy atom. The van der Waals surface area contributed by atoms with Gasteiger partial charge < -0.3 is 52.2 Å². The molecule has 6 atom stereocenters. The smallest absolute Gasteiger partial charge is 0.338 e. The van der Waals surface area contributed by atoms with Gasteiger partial charge in [0.1, 0.15) is 0 Å². The summed E-state index contributed by atoms with van der Waals surface area (Å²) >= 11 is 0. The van der Waals surface area contributed by atoms with Crippen LogP contribution < -0.4 is 33.1 Å². The predicted molar refractivity (Wildman–Crippen MR) is 190 cm³/mol. The van der Waals surface area contributed by atoms with Crippen molar-refractivity contribution in [2.45, 2.75) is 115 Å². The van der Waals surface area contributed by atoms with Crippen molar-refractivity contribution >= 4 is 23.9 Å². The molecule has 16 nitrogen and oxygen atoms in total. The van der Waals surface area contributed by atoms with E-state index >= 15 is 0 Å². The maximum Gasteiger partial charge on any atom is 0.338 e. The summed E-state index contributed by atoms with van der Waals surface area (Å²) in [4.78, 5) is 46.5. The highest BCUT2D eigenvalue weighted by atomic mass is 16.6. The summed E-state index contributed by atoms with van der Waals surface area (Å²) < 4.78 is 9.32. The van der Waals surface area contributed by atoms with E-state index in [2.05, 4.69) is 56.7 Å². The first kappa shape index (κ1) is 52.5. The fraction of sp³-hybridized carbons (Fsp3) is 0.474. The average molecular weight is 753 g/mol. The SMILES string of the molecule is CC[C@@H]([NH3+])CC#N.CC[C@@H]([NH3+])CC#N.CC[C@@H]([NH3+])CC#N.CC[C@H]([NH3+])CC#N.O=C(O[C@@H](C(=O)[O-])[C@@H](OC(=O)c1ccccc1)C(=O)[O-])c1ccccc1. The second kappa shape index (κ2) is 34.2. The van der Waals surface area contributed by atoms with Gasteiger partial charge in [-0.3, -0.25) is 0 Å². The number of nitrogens with zero attached hydrogens (tertiary/aromatic N) is 4. The Bertz CT molecular complexity index is 1340. The van der Waals surface area contributed by atoms with Gasteiger partial charge in [0, 0.05) is 0 Å². The van der Waals surface area contributed by atoms with E-state index in [1.807, 2.05) is 27.7 Å². The van der Waals surface area contributed by atoms with Crippen LogP contribution in [0.5, 0.6) is 0 Å². The minimum atomic E-state index is -2.39. The normalized spacial score (nSPS) is 12.6. The summed E-state index contributed by atoms with van der Waals surface area (Å²) in [6.07, 6.45) is 1.63. The predicted octanol–water partition coefficient (Wildman–Crippen LogP) is -1.38. The van der Waals surface area contributed by atoms with Gasteiger partial charge in [-0.15, -0.1) is 0 Å². The summed E-state index contributed by atoms with van der Waals surface area (Å²) in [5.41, 5.74) is 14.8. The lowest BCUT2D eigenvalue weighted by Gasteiger charge is -2.28. The number of rotatable bonds is 15. The second-order valence-electron chi connectivity index (χ2n) is 11.6. The third kappa shape index (κ3) is 27.8. The zero-order valence-electron chi connectivity index (χ0n) is 31.8. The van der Waals surface area contributed by atoms with Crippen molar-refractivity contribution in [3.8, 4) is 24.3 Å². The highest BCUT2D eigenvalue weighted by molar-refractivity contribution is 5.94. The third-order valence-electron chi connectivity index (χ3n) is 7.06. The molecule has 12 N–H and O–H groups in total. The van der Waals surface area contributed by atoms with Crippen molar-refractivity contribution in [3.05, 3.63) is 71.8 Å². The van der Waals surface area contributed by atoms with E-state index in [1.54, 1.807) is 12.1 Å². The Morgan fingerprint density at radius 1 is 0.519 bits per heavy atom. The van der Waals surface area contributed by atoms with E-state index in [9.17, 15) is 29.4 Å². The number of carbonyl (C=O) groups excluding carboxylic acids is 4. The minimum absolute atomic E-state index is 0.0229. The molecule has 2 aromatic carbocycles. The van der Waals surface area contributed by atoms with Gasteiger partial charge in [0.05, 0.1) is 97.2 Å². The number of carbonyl (C=O) groups is 4. The number of aliphatic carboxylic acids is 2. The van der Waals surface area contributed by atoms with Crippen molar-refractivity contribution in [1.29, 1.82) is 21.0 Å². The second-order valence-corrected chi connectivity index (χ2v) is 11.6. The third-order valence-corrected chi connectivity index (χ3v) is 7.06. The molecule has 2 aromatic rings. The van der Waals surface area contributed by atoms with Crippen LogP contribution in [0.15, 0.2) is 60.7 Å². The molecule has 16 heteroatoms. The fourth-order valence-electron chi connectivity index (χ4n) is 3.08. The number of hydrogen-bond donors (Lipinski definition) is 4. The minimum Gasteiger partial charge on any atom is -0.546 e. The number of hydrogen-bond acceptors (Lipinski definition) is 12. The van der Waals surface area contributed by atoms with Crippen LogP contribution in [0.1, 0.15) is 99.8 Å². The van der Waals surface area contributed by atoms with Crippen LogP contribution in [-0.4, -0.2) is 60.3 Å². The zero-order valence-corrected chi connectivity index (χ0v) is 31.8. The number of carboxylic acids is 2. The van der Waals surface area contributed by atoms with Crippen molar-refractivity contribution in [3.63, 3.8) is 0 Å². The number of quaternary nitrogens is 4. The maximum absolute atomic E-state index is 12.0. The van der Waals surface area contributed by atoms with Crippen molar-refractivity contribution in [2.24, 2.45) is 0 Å². The summed E-state index contributed by atoms with van der Waals surface area (Å²) in [6, 6.07) is 24.1. The quantitative estimate of drug-likeness (QED) is 0.153. The molecule has 0 heterocycles. The Kier molecular flexibility index (Phi) is 33.3. The highest BCUT2D eigenvalue weighted by Crippen LogP contribution is 2.12. The number of esters is 2. The number of benzene rings is 2. The molecular weight excluding hydrogens is 696 g/mol. The molecule has 0 aliphatic rings. The molecule has 54 heavy (non-hydrogen) atoms. The molecule has 0 fully saturated rings. The Hall–Kier alpha value is -5.88. The van der Waals surface area contributed by atoms with E-state index in [0.29, 0.717) is 49.9 Å². The summed E-state index contributed by atoms with van der Waals surface area (Å²) in [5, 5.41) is 54.8. The lowest BCUT2D eigenvalue weighted by Crippen LogP contribution is -2.60. The molecule has 0 unspecified atom stereocenters. The molecule has 2 rings (SSSR count). The summed E-state index contributed by atoms with van der Waals surface area (Å²) in [6.45, 7) is 8.15. The first-order chi connectivity index (χ1) is 25.6. The standard InChI is InChI=1S/C18H14O8.4C5H10N2/c19-15(20)13(25-17(23)11-7-3-1-4-8-11)14(16(21)22)26-18(24)12-9-5-2-6-10-12;4*1-2-5(7)3-4-6/h1-10,13-14H,(H,19,20)(H,21,22);4*5H,2-3,7H2,1H3/p+2/t13-,14-;4*5-/m11110/s1. The van der Waals surface area contributed by atoms with Gasteiger partial charge in [-0.05, 0) is 49.9 Å². The molecule has 294 valence electrons. The number of ether oxygens (including phenoxy) is 2. The van der Waals surface area contributed by atoms with Crippen LogP contribution >= 0.6 is 0 Å². The molecule has 0 amide bonds. The van der Waals surface area contributed by atoms with Gasteiger partial charge in [-0.2, -0.15) is 21.0 Å². The molecule has 0 spiro atoms. The van der Waals surface area contributed by atoms with E-state index in [-0.39, 0.29) is 11.1 Å². The van der Waals surface area contributed by atoms with Crippen LogP contribution in [-0.2, 0) is 19.1 Å². The molecule has 0 aliphatic carbocycles. The number of nitriles is 4. The summed E-state index contributed by atoms with van der Waals surface area (Å²) in [5.74, 6) is -6.35. The fourth-order valence-corrected chi connectivity index (χ4v) is 3.08. The van der Waals surface area contributed by atoms with Crippen LogP contribution in [0, 0.1) is 45.3 Å². The Labute approximate surface area is 317 Å². The van der Waals surface area contributed by atoms with Gasteiger partial charge >= 0.3 is 11.9 Å². The molecule has 0 radical (unpaired) electrons. The molecule has 0 saturated carbocycles. The Morgan fingerprint density at radius 3 is 0.889 bits per heavy atom. The Balaban J connectivity index is -0.000000752. The monoisotopic (exact) mass is 752 g/mol. The maximum atomic E-state index is 12.0. The van der Waals surface area contributed by atoms with E-state index in [4.69, 9.17) is 21.0 Å². The molecule has 0 aromatic heterocycles. The molecule has 0 saturated heterocycles. The first-order valence-corrected chi connectivity index (χ1v) is 17.4. The van der Waals surface area contributed by atoms with Crippen molar-refractivity contribution < 1.29 is 61.8 Å². The lowest BCUT2D eigenvalue weighted by atomic mass is 10.1. The topological polar surface area (TPSA) is 339 Å².